The molecule has 0 bridgehead atoms. The van der Waals surface area contributed by atoms with Gasteiger partial charge in [0.2, 0.25) is 5.78 Å². The molecule has 0 aromatic carbocycles. The molecule has 0 aliphatic heterocycles. The summed E-state index contributed by atoms with van der Waals surface area (Å²) in [6, 6.07) is 9.00. The summed E-state index contributed by atoms with van der Waals surface area (Å²) in [5.74, 6) is -0.138. The molecule has 4 nitrogen and oxygen atoms in total. The molecule has 3 aromatic rings. The summed E-state index contributed by atoms with van der Waals surface area (Å²) in [5, 5.41) is 0. The Morgan fingerprint density at radius 3 is 2.83 bits per heavy atom. The van der Waals surface area contributed by atoms with Gasteiger partial charge in [-0.05, 0) is 40.2 Å². The molecule has 3 heterocycles. The number of carbonyl (C=O) groups excluding carboxylic acids is 1. The van der Waals surface area contributed by atoms with Gasteiger partial charge >= 0.3 is 0 Å². The van der Waals surface area contributed by atoms with Gasteiger partial charge in [-0.25, -0.2) is 4.98 Å². The van der Waals surface area contributed by atoms with Crippen molar-refractivity contribution in [2.24, 2.45) is 0 Å². The Balaban J connectivity index is 2.15. The number of hydrogen-bond donors (Lipinski definition) is 0. The number of rotatable bonds is 2. The number of hydrogen-bond acceptors (Lipinski definition) is 3. The Morgan fingerprint density at radius 2 is 2.06 bits per heavy atom. The molecular formula is C13H8BrN3O. The van der Waals surface area contributed by atoms with E-state index in [0.717, 1.165) is 10.1 Å². The monoisotopic (exact) mass is 301 g/mol. The molecular weight excluding hydrogens is 294 g/mol. The molecule has 0 atom stereocenters. The number of nitrogens with zero attached hydrogens (tertiary/aromatic N) is 3. The molecule has 0 fully saturated rings. The second-order valence-electron chi connectivity index (χ2n) is 3.76. The van der Waals surface area contributed by atoms with E-state index in [4.69, 9.17) is 0 Å². The van der Waals surface area contributed by atoms with Gasteiger partial charge in [-0.3, -0.25) is 14.2 Å². The molecule has 0 saturated carbocycles. The molecule has 3 rings (SSSR count). The highest BCUT2D eigenvalue weighted by molar-refractivity contribution is 9.10. The largest absolute Gasteiger partial charge is 0.296 e. The van der Waals surface area contributed by atoms with E-state index < -0.39 is 0 Å². The molecule has 0 radical (unpaired) electrons. The van der Waals surface area contributed by atoms with Crippen LogP contribution in [0.15, 0.2) is 53.4 Å². The second kappa shape index (κ2) is 4.34. The first-order valence-electron chi connectivity index (χ1n) is 5.34. The number of imidazole rings is 1. The van der Waals surface area contributed by atoms with E-state index in [9.17, 15) is 4.79 Å². The Hall–Kier alpha value is -2.01. The van der Waals surface area contributed by atoms with Crippen LogP contribution in [0.2, 0.25) is 0 Å². The van der Waals surface area contributed by atoms with Crippen LogP contribution in [0.25, 0.3) is 5.65 Å². The van der Waals surface area contributed by atoms with Gasteiger partial charge in [0, 0.05) is 16.9 Å². The topological polar surface area (TPSA) is 47.3 Å². The van der Waals surface area contributed by atoms with Crippen LogP contribution >= 0.6 is 15.9 Å². The average molecular weight is 302 g/mol. The van der Waals surface area contributed by atoms with Gasteiger partial charge in [-0.2, -0.15) is 0 Å². The third-order valence-electron chi connectivity index (χ3n) is 2.60. The fourth-order valence-electron chi connectivity index (χ4n) is 1.75. The first kappa shape index (κ1) is 11.1. The lowest BCUT2D eigenvalue weighted by Crippen LogP contribution is -2.06. The first-order chi connectivity index (χ1) is 8.75. The molecule has 88 valence electrons. The van der Waals surface area contributed by atoms with Gasteiger partial charge in [0.05, 0.1) is 6.20 Å². The highest BCUT2D eigenvalue weighted by atomic mass is 79.9. The van der Waals surface area contributed by atoms with Gasteiger partial charge in [0.25, 0.3) is 0 Å². The summed E-state index contributed by atoms with van der Waals surface area (Å²) in [6.45, 7) is 0. The van der Waals surface area contributed by atoms with Crippen LogP contribution in [0.4, 0.5) is 0 Å². The maximum Gasteiger partial charge on any atom is 0.229 e. The van der Waals surface area contributed by atoms with Gasteiger partial charge in [-0.1, -0.05) is 6.07 Å². The lowest BCUT2D eigenvalue weighted by Gasteiger charge is -2.01. The van der Waals surface area contributed by atoms with E-state index >= 15 is 0 Å². The molecule has 0 spiro atoms. The zero-order valence-corrected chi connectivity index (χ0v) is 10.8. The van der Waals surface area contributed by atoms with Crippen molar-refractivity contribution in [1.82, 2.24) is 14.4 Å². The molecule has 0 unspecified atom stereocenters. The summed E-state index contributed by atoms with van der Waals surface area (Å²) in [5.41, 5.74) is 1.65. The van der Waals surface area contributed by atoms with E-state index in [1.165, 1.54) is 0 Å². The fourth-order valence-corrected chi connectivity index (χ4v) is 2.09. The molecule has 5 heteroatoms. The Kier molecular flexibility index (Phi) is 2.68. The van der Waals surface area contributed by atoms with Crippen molar-refractivity contribution in [3.05, 3.63) is 64.8 Å². The standard InChI is InChI=1S/C13H8BrN3O/c14-9-4-5-12-16-7-11(17(12)8-9)13(18)10-3-1-2-6-15-10/h1-8H. The van der Waals surface area contributed by atoms with Crippen molar-refractivity contribution >= 4 is 27.4 Å². The molecule has 0 saturated heterocycles. The molecule has 18 heavy (non-hydrogen) atoms. The van der Waals surface area contributed by atoms with Crippen molar-refractivity contribution in [3.8, 4) is 0 Å². The number of halogens is 1. The number of fused-ring (bicyclic) bond motifs is 1. The Morgan fingerprint density at radius 1 is 1.17 bits per heavy atom. The SMILES string of the molecule is O=C(c1ccccn1)c1cnc2ccc(Br)cn12. The summed E-state index contributed by atoms with van der Waals surface area (Å²) in [7, 11) is 0. The van der Waals surface area contributed by atoms with Crippen molar-refractivity contribution in [2.75, 3.05) is 0 Å². The highest BCUT2D eigenvalue weighted by Crippen LogP contribution is 2.15. The van der Waals surface area contributed by atoms with Crippen LogP contribution < -0.4 is 0 Å². The zero-order valence-electron chi connectivity index (χ0n) is 9.25. The normalized spacial score (nSPS) is 10.7. The van der Waals surface area contributed by atoms with Crippen LogP contribution in [0.3, 0.4) is 0 Å². The van der Waals surface area contributed by atoms with E-state index in [1.54, 1.807) is 35.0 Å². The molecule has 0 N–H and O–H groups in total. The Labute approximate surface area is 111 Å². The van der Waals surface area contributed by atoms with E-state index in [0.29, 0.717) is 11.4 Å². The van der Waals surface area contributed by atoms with Crippen LogP contribution in [-0.2, 0) is 0 Å². The first-order valence-corrected chi connectivity index (χ1v) is 6.13. The predicted octanol–water partition coefficient (Wildman–Crippen LogP) is 2.72. The van der Waals surface area contributed by atoms with E-state index in [2.05, 4.69) is 25.9 Å². The summed E-state index contributed by atoms with van der Waals surface area (Å²) in [4.78, 5) is 20.6. The van der Waals surface area contributed by atoms with Crippen molar-refractivity contribution < 1.29 is 4.79 Å². The summed E-state index contributed by atoms with van der Waals surface area (Å²) < 4.78 is 2.64. The number of aromatic nitrogens is 3. The molecule has 0 aliphatic carbocycles. The lowest BCUT2D eigenvalue weighted by atomic mass is 10.2. The van der Waals surface area contributed by atoms with Crippen LogP contribution in [0.1, 0.15) is 16.2 Å². The molecule has 0 amide bonds. The number of carbonyl (C=O) groups is 1. The van der Waals surface area contributed by atoms with Gasteiger partial charge < -0.3 is 0 Å². The average Bonchev–Trinajstić information content (AvgIpc) is 2.82. The minimum atomic E-state index is -0.138. The molecule has 3 aromatic heterocycles. The second-order valence-corrected chi connectivity index (χ2v) is 4.68. The van der Waals surface area contributed by atoms with E-state index in [-0.39, 0.29) is 5.78 Å². The minimum Gasteiger partial charge on any atom is -0.296 e. The smallest absolute Gasteiger partial charge is 0.229 e. The van der Waals surface area contributed by atoms with Gasteiger partial charge in [0.1, 0.15) is 17.0 Å². The van der Waals surface area contributed by atoms with Crippen molar-refractivity contribution in [3.63, 3.8) is 0 Å². The highest BCUT2D eigenvalue weighted by Gasteiger charge is 2.15. The van der Waals surface area contributed by atoms with Gasteiger partial charge in [-0.15, -0.1) is 0 Å². The number of pyridine rings is 2. The van der Waals surface area contributed by atoms with Gasteiger partial charge in [0.15, 0.2) is 0 Å². The fraction of sp³-hybridized carbons (Fsp3) is 0. The maximum atomic E-state index is 12.3. The quantitative estimate of drug-likeness (QED) is 0.684. The van der Waals surface area contributed by atoms with E-state index in [1.807, 2.05) is 18.3 Å². The van der Waals surface area contributed by atoms with Crippen molar-refractivity contribution in [1.29, 1.82) is 0 Å². The third-order valence-corrected chi connectivity index (χ3v) is 3.07. The predicted molar refractivity (Wildman–Crippen MR) is 70.6 cm³/mol. The lowest BCUT2D eigenvalue weighted by molar-refractivity contribution is 0.102. The Bertz CT molecular complexity index is 721. The van der Waals surface area contributed by atoms with Crippen molar-refractivity contribution in [2.45, 2.75) is 0 Å². The van der Waals surface area contributed by atoms with Crippen LogP contribution in [0, 0.1) is 0 Å². The summed E-state index contributed by atoms with van der Waals surface area (Å²) in [6.07, 6.45) is 4.99. The van der Waals surface area contributed by atoms with Crippen LogP contribution in [0.5, 0.6) is 0 Å². The molecule has 0 aliphatic rings. The van der Waals surface area contributed by atoms with Crippen LogP contribution in [-0.4, -0.2) is 20.2 Å². The summed E-state index contributed by atoms with van der Waals surface area (Å²) >= 11 is 3.38. The minimum absolute atomic E-state index is 0.138. The zero-order chi connectivity index (χ0) is 12.5. The third kappa shape index (κ3) is 1.82. The number of ketones is 1. The maximum absolute atomic E-state index is 12.3.